The van der Waals surface area contributed by atoms with Gasteiger partial charge in [-0.2, -0.15) is 0 Å². The van der Waals surface area contributed by atoms with Crippen LogP contribution in [-0.4, -0.2) is 48.0 Å². The summed E-state index contributed by atoms with van der Waals surface area (Å²) in [4.78, 5) is 37.5. The number of aromatic nitrogens is 2. The Kier molecular flexibility index (Phi) is 41.3. The fraction of sp³-hybridized carbons (Fsp3) is 0.658. The van der Waals surface area contributed by atoms with Crippen molar-refractivity contribution >= 4 is 34.0 Å². The second-order valence-corrected chi connectivity index (χ2v) is 24.2. The van der Waals surface area contributed by atoms with Gasteiger partial charge >= 0.3 is 0 Å². The zero-order valence-corrected chi connectivity index (χ0v) is 55.4. The molecule has 0 atom stereocenters. The number of allylic oxidation sites excluding steroid dienone is 2. The second-order valence-electron chi connectivity index (χ2n) is 24.2. The normalized spacial score (nSPS) is 11.6. The molecule has 0 radical (unpaired) electrons. The van der Waals surface area contributed by atoms with E-state index in [1.165, 1.54) is 167 Å². The minimum absolute atomic E-state index is 0.0898. The quantitative estimate of drug-likeness (QED) is 0.0327. The molecule has 0 saturated carbocycles. The van der Waals surface area contributed by atoms with Gasteiger partial charge in [0.1, 0.15) is 0 Å². The van der Waals surface area contributed by atoms with Crippen molar-refractivity contribution in [3.63, 3.8) is 0 Å². The number of nitrogens with one attached hydrogen (secondary N) is 2. The summed E-state index contributed by atoms with van der Waals surface area (Å²) >= 11 is 0. The summed E-state index contributed by atoms with van der Waals surface area (Å²) in [6.45, 7) is 15.9. The van der Waals surface area contributed by atoms with Gasteiger partial charge in [-0.05, 0) is 99.2 Å². The second kappa shape index (κ2) is 48.6. The molecule has 0 saturated heterocycles. The molecule has 10 nitrogen and oxygen atoms in total. The maximum atomic E-state index is 13.2. The number of nitrogens with zero attached hydrogens (tertiary/aromatic N) is 2. The lowest BCUT2D eigenvalue weighted by Gasteiger charge is -2.18. The highest BCUT2D eigenvalue weighted by Crippen LogP contribution is 2.41. The van der Waals surface area contributed by atoms with Crippen LogP contribution in [0.3, 0.4) is 0 Å². The van der Waals surface area contributed by atoms with E-state index in [1.807, 2.05) is 24.3 Å². The van der Waals surface area contributed by atoms with E-state index >= 15 is 0 Å². The van der Waals surface area contributed by atoms with E-state index in [-0.39, 0.29) is 11.6 Å². The lowest BCUT2D eigenvalue weighted by molar-refractivity contribution is -0.115. The predicted molar refractivity (Wildman–Crippen MR) is 367 cm³/mol. The number of carbonyl (C=O) groups excluding carboxylic acids is 2. The first-order chi connectivity index (χ1) is 42.3. The van der Waals surface area contributed by atoms with Crippen LogP contribution in [0.25, 0.3) is 33.5 Å². The standard InChI is InChI=1S/C76H120N4O6/c1-7-13-19-25-31-33-39-45-65(81)51-53-77-67-61-69-70(62-68(67)78-54-52-66(82)46-40-34-32-26-20-14-8-2)80-76(64-48-50-72(84-56-42-36-28-22-16-10-4)74(60-64)86-58-44-38-30-24-18-12-6)75(79-69)63-47-49-71(83-55-41-35-27-21-15-9-3)73(59-63)85-57-43-37-29-23-17-11-5/h47-54,59-62,77-78H,7-46,55-58H2,1-6H3/b53-51+,54-52+. The molecule has 1 aromatic heterocycles. The van der Waals surface area contributed by atoms with Crippen LogP contribution in [0.1, 0.15) is 298 Å². The molecule has 0 amide bonds. The number of ketones is 2. The third-order valence-corrected chi connectivity index (χ3v) is 16.3. The Morgan fingerprint density at radius 1 is 0.337 bits per heavy atom. The summed E-state index contributed by atoms with van der Waals surface area (Å²) in [5.74, 6) is 3.07. The first kappa shape index (κ1) is 73.1. The van der Waals surface area contributed by atoms with Crippen molar-refractivity contribution in [2.45, 2.75) is 298 Å². The number of unbranched alkanes of at least 4 members (excludes halogenated alkanes) is 32. The van der Waals surface area contributed by atoms with E-state index in [9.17, 15) is 9.59 Å². The molecule has 480 valence electrons. The molecular weight excluding hydrogens is 1060 g/mol. The smallest absolute Gasteiger partial charge is 0.161 e. The summed E-state index contributed by atoms with van der Waals surface area (Å²) < 4.78 is 26.5. The van der Waals surface area contributed by atoms with Crippen molar-refractivity contribution in [1.82, 2.24) is 9.97 Å². The van der Waals surface area contributed by atoms with Crippen LogP contribution >= 0.6 is 0 Å². The van der Waals surface area contributed by atoms with Gasteiger partial charge in [0.15, 0.2) is 34.6 Å². The Hall–Kier alpha value is -5.38. The van der Waals surface area contributed by atoms with E-state index in [2.05, 4.69) is 76.4 Å². The van der Waals surface area contributed by atoms with E-state index in [0.29, 0.717) is 84.6 Å². The molecule has 0 aliphatic carbocycles. The largest absolute Gasteiger partial charge is 0.490 e. The topological polar surface area (TPSA) is 121 Å². The Morgan fingerprint density at radius 3 is 0.907 bits per heavy atom. The Bertz CT molecular complexity index is 2300. The summed E-state index contributed by atoms with van der Waals surface area (Å²) in [7, 11) is 0. The minimum atomic E-state index is 0.0898. The molecule has 4 aromatic rings. The average Bonchev–Trinajstić information content (AvgIpc) is 0.991. The highest BCUT2D eigenvalue weighted by atomic mass is 16.5. The van der Waals surface area contributed by atoms with E-state index in [0.717, 1.165) is 99.7 Å². The third kappa shape index (κ3) is 31.5. The van der Waals surface area contributed by atoms with Crippen molar-refractivity contribution in [1.29, 1.82) is 0 Å². The number of fused-ring (bicyclic) bond motifs is 1. The van der Waals surface area contributed by atoms with Gasteiger partial charge in [-0.15, -0.1) is 0 Å². The first-order valence-corrected chi connectivity index (χ1v) is 35.4. The molecule has 1 heterocycles. The van der Waals surface area contributed by atoms with Crippen LogP contribution in [0.15, 0.2) is 73.1 Å². The van der Waals surface area contributed by atoms with E-state index in [4.69, 9.17) is 28.9 Å². The first-order valence-electron chi connectivity index (χ1n) is 35.4. The fourth-order valence-electron chi connectivity index (χ4n) is 10.9. The number of benzene rings is 3. The summed E-state index contributed by atoms with van der Waals surface area (Å²) in [5.41, 5.74) is 5.82. The van der Waals surface area contributed by atoms with Crippen molar-refractivity contribution in [3.8, 4) is 45.5 Å². The van der Waals surface area contributed by atoms with Gasteiger partial charge < -0.3 is 29.6 Å². The minimum Gasteiger partial charge on any atom is -0.490 e. The van der Waals surface area contributed by atoms with Gasteiger partial charge in [-0.3, -0.25) is 9.59 Å². The number of hydrogen-bond acceptors (Lipinski definition) is 10. The van der Waals surface area contributed by atoms with Crippen molar-refractivity contribution in [2.75, 3.05) is 37.1 Å². The van der Waals surface area contributed by atoms with Gasteiger partial charge in [0.2, 0.25) is 0 Å². The third-order valence-electron chi connectivity index (χ3n) is 16.3. The lowest BCUT2D eigenvalue weighted by Crippen LogP contribution is -2.05. The molecule has 0 bridgehead atoms. The highest BCUT2D eigenvalue weighted by molar-refractivity contribution is 5.94. The highest BCUT2D eigenvalue weighted by Gasteiger charge is 2.20. The fourth-order valence-corrected chi connectivity index (χ4v) is 10.9. The summed E-state index contributed by atoms with van der Waals surface area (Å²) in [5, 5.41) is 6.87. The van der Waals surface area contributed by atoms with Gasteiger partial charge in [-0.25, -0.2) is 9.97 Å². The Morgan fingerprint density at radius 2 is 0.605 bits per heavy atom. The van der Waals surface area contributed by atoms with Crippen molar-refractivity contribution in [2.24, 2.45) is 0 Å². The van der Waals surface area contributed by atoms with Crippen LogP contribution in [0.4, 0.5) is 11.4 Å². The number of ether oxygens (including phenoxy) is 4. The van der Waals surface area contributed by atoms with Crippen molar-refractivity contribution < 1.29 is 28.5 Å². The lowest BCUT2D eigenvalue weighted by atomic mass is 10.0. The molecule has 0 spiro atoms. The maximum absolute atomic E-state index is 13.2. The number of carbonyl (C=O) groups is 2. The van der Waals surface area contributed by atoms with E-state index in [1.54, 1.807) is 24.6 Å². The SMILES string of the molecule is CCCCCCCCCC(=O)/C=C/Nc1cc2nc(-c3ccc(OCCCCCCCC)c(OCCCCCCCC)c3)c(-c3ccc(OCCCCCCCC)c(OCCCCCCCC)c3)nc2cc1N/C=C/C(=O)CCCCCCCCC. The molecule has 3 aromatic carbocycles. The molecule has 0 unspecified atom stereocenters. The maximum Gasteiger partial charge on any atom is 0.161 e. The predicted octanol–water partition coefficient (Wildman–Crippen LogP) is 23.2. The van der Waals surface area contributed by atoms with Gasteiger partial charge in [0.05, 0.1) is 60.2 Å². The summed E-state index contributed by atoms with van der Waals surface area (Å²) in [6.07, 6.45) is 52.3. The van der Waals surface area contributed by atoms with Crippen LogP contribution in [0.2, 0.25) is 0 Å². The molecule has 4 rings (SSSR count). The molecular formula is C76H120N4O6. The molecule has 86 heavy (non-hydrogen) atoms. The Balaban J connectivity index is 1.83. The van der Waals surface area contributed by atoms with Crippen LogP contribution in [-0.2, 0) is 9.59 Å². The van der Waals surface area contributed by atoms with Gasteiger partial charge in [0.25, 0.3) is 0 Å². The molecule has 10 heteroatoms. The number of rotatable bonds is 56. The van der Waals surface area contributed by atoms with Crippen LogP contribution in [0.5, 0.6) is 23.0 Å². The number of anilines is 2. The van der Waals surface area contributed by atoms with Crippen molar-refractivity contribution in [3.05, 3.63) is 73.1 Å². The zero-order chi connectivity index (χ0) is 61.3. The van der Waals surface area contributed by atoms with Crippen LogP contribution in [0, 0.1) is 0 Å². The van der Waals surface area contributed by atoms with E-state index < -0.39 is 0 Å². The summed E-state index contributed by atoms with van der Waals surface area (Å²) in [6, 6.07) is 16.4. The van der Waals surface area contributed by atoms with Gasteiger partial charge in [0, 0.05) is 36.4 Å². The molecule has 0 aliphatic heterocycles. The molecule has 2 N–H and O–H groups in total. The number of hydrogen-bond donors (Lipinski definition) is 2. The average molecular weight is 1190 g/mol. The molecule has 0 aliphatic rings. The zero-order valence-electron chi connectivity index (χ0n) is 55.4. The van der Waals surface area contributed by atoms with Gasteiger partial charge in [-0.1, -0.05) is 247 Å². The molecule has 0 fully saturated rings. The van der Waals surface area contributed by atoms with Crippen LogP contribution < -0.4 is 29.6 Å². The Labute approximate surface area is 524 Å². The monoisotopic (exact) mass is 1180 g/mol.